The topological polar surface area (TPSA) is 68.4 Å². The number of alkyl halides is 2. The van der Waals surface area contributed by atoms with E-state index in [0.29, 0.717) is 0 Å². The van der Waals surface area contributed by atoms with Crippen molar-refractivity contribution in [2.45, 2.75) is 13.0 Å². The van der Waals surface area contributed by atoms with E-state index in [9.17, 15) is 8.78 Å². The molecule has 1 rings (SSSR count). The number of anilines is 1. The van der Waals surface area contributed by atoms with Crippen molar-refractivity contribution < 1.29 is 18.6 Å². The van der Waals surface area contributed by atoms with Gasteiger partial charge in [0, 0.05) is 0 Å². The highest BCUT2D eigenvalue weighted by Gasteiger charge is 2.21. The fourth-order valence-electron chi connectivity index (χ4n) is 1.14. The van der Waals surface area contributed by atoms with Gasteiger partial charge in [-0.05, 0) is 0 Å². The molecule has 0 saturated heterocycles. The lowest BCUT2D eigenvalue weighted by molar-refractivity contribution is 0.141. The minimum atomic E-state index is -2.77. The quantitative estimate of drug-likeness (QED) is 0.773. The molecule has 0 amide bonds. The van der Waals surface area contributed by atoms with E-state index in [4.69, 9.17) is 15.6 Å². The Kier molecular flexibility index (Phi) is 3.19. The molecule has 0 saturated carbocycles. The third-order valence-electron chi connectivity index (χ3n) is 1.75. The third-order valence-corrected chi connectivity index (χ3v) is 1.75. The second-order valence-electron chi connectivity index (χ2n) is 2.57. The molecule has 0 aromatic carbocycles. The van der Waals surface area contributed by atoms with E-state index in [1.54, 1.807) is 0 Å². The number of aliphatic hydroxyl groups is 1. The van der Waals surface area contributed by atoms with Crippen molar-refractivity contribution in [3.63, 3.8) is 0 Å². The Morgan fingerprint density at radius 2 is 2.29 bits per heavy atom. The maximum atomic E-state index is 12.6. The van der Waals surface area contributed by atoms with Crippen LogP contribution in [0.15, 0.2) is 6.20 Å². The van der Waals surface area contributed by atoms with Crippen LogP contribution in [0.1, 0.15) is 17.7 Å². The molecule has 0 unspecified atom stereocenters. The first-order chi connectivity index (χ1) is 6.61. The van der Waals surface area contributed by atoms with Crippen LogP contribution in [0.4, 0.5) is 14.5 Å². The summed E-state index contributed by atoms with van der Waals surface area (Å²) in [7, 11) is 1.23. The van der Waals surface area contributed by atoms with Crippen LogP contribution in [0.2, 0.25) is 0 Å². The van der Waals surface area contributed by atoms with E-state index in [0.717, 1.165) is 0 Å². The molecule has 4 nitrogen and oxygen atoms in total. The molecule has 1 heterocycles. The number of ether oxygens (including phenoxy) is 1. The highest BCUT2D eigenvalue weighted by molar-refractivity contribution is 5.57. The van der Waals surface area contributed by atoms with Gasteiger partial charge < -0.3 is 15.6 Å². The normalized spacial score (nSPS) is 10.6. The number of hydrogen-bond donors (Lipinski definition) is 2. The molecule has 0 aliphatic carbocycles. The lowest BCUT2D eigenvalue weighted by Gasteiger charge is -2.12. The smallest absolute Gasteiger partial charge is 0.269 e. The molecule has 3 N–H and O–H groups in total. The number of methoxy groups -OCH3 is 1. The number of aromatic nitrogens is 1. The zero-order chi connectivity index (χ0) is 10.7. The van der Waals surface area contributed by atoms with Gasteiger partial charge in [0.15, 0.2) is 5.75 Å². The summed E-state index contributed by atoms with van der Waals surface area (Å²) in [6.45, 7) is -0.573. The predicted octanol–water partition coefficient (Wildman–Crippen LogP) is 1.10. The van der Waals surface area contributed by atoms with Crippen molar-refractivity contribution in [3.05, 3.63) is 17.5 Å². The molecular weight excluding hydrogens is 194 g/mol. The SMILES string of the molecule is COc1c(N)cnc(CO)c1C(F)F. The average Bonchev–Trinajstić information content (AvgIpc) is 2.17. The summed E-state index contributed by atoms with van der Waals surface area (Å²) in [5, 5.41) is 8.79. The minimum absolute atomic E-state index is 0.0278. The number of nitrogens with zero attached hydrogens (tertiary/aromatic N) is 1. The van der Waals surface area contributed by atoms with Gasteiger partial charge in [-0.1, -0.05) is 0 Å². The van der Waals surface area contributed by atoms with Crippen LogP contribution in [0.3, 0.4) is 0 Å². The Morgan fingerprint density at radius 1 is 1.64 bits per heavy atom. The highest BCUT2D eigenvalue weighted by atomic mass is 19.3. The lowest BCUT2D eigenvalue weighted by atomic mass is 10.1. The molecule has 6 heteroatoms. The largest absolute Gasteiger partial charge is 0.494 e. The van der Waals surface area contributed by atoms with Crippen LogP contribution in [-0.2, 0) is 6.61 Å². The van der Waals surface area contributed by atoms with E-state index in [-0.39, 0.29) is 17.1 Å². The molecule has 0 spiro atoms. The molecule has 0 aliphatic rings. The molecule has 0 radical (unpaired) electrons. The fourth-order valence-corrected chi connectivity index (χ4v) is 1.14. The van der Waals surface area contributed by atoms with Gasteiger partial charge in [-0.2, -0.15) is 0 Å². The number of pyridine rings is 1. The van der Waals surface area contributed by atoms with Crippen molar-refractivity contribution in [2.24, 2.45) is 0 Å². The Hall–Kier alpha value is -1.43. The van der Waals surface area contributed by atoms with Crippen molar-refractivity contribution in [1.82, 2.24) is 4.98 Å². The van der Waals surface area contributed by atoms with Crippen LogP contribution in [0, 0.1) is 0 Å². The second-order valence-corrected chi connectivity index (χ2v) is 2.57. The van der Waals surface area contributed by atoms with Crippen molar-refractivity contribution in [2.75, 3.05) is 12.8 Å². The van der Waals surface area contributed by atoms with Gasteiger partial charge in [0.2, 0.25) is 0 Å². The standard InChI is InChI=1S/C8H10F2N2O2/c1-14-7-4(11)2-12-5(3-13)6(7)8(9)10/h2,8,13H,3,11H2,1H3. The lowest BCUT2D eigenvalue weighted by Crippen LogP contribution is -2.05. The van der Waals surface area contributed by atoms with Crippen LogP contribution < -0.4 is 10.5 Å². The monoisotopic (exact) mass is 204 g/mol. The Balaban J connectivity index is 3.36. The summed E-state index contributed by atoms with van der Waals surface area (Å²) in [5.41, 5.74) is 4.85. The van der Waals surface area contributed by atoms with Crippen LogP contribution in [0.5, 0.6) is 5.75 Å². The van der Waals surface area contributed by atoms with Gasteiger partial charge in [0.25, 0.3) is 6.43 Å². The Labute approximate surface area is 79.3 Å². The van der Waals surface area contributed by atoms with Gasteiger partial charge in [-0.3, -0.25) is 4.98 Å². The van der Waals surface area contributed by atoms with Crippen molar-refractivity contribution in [1.29, 1.82) is 0 Å². The first-order valence-electron chi connectivity index (χ1n) is 3.82. The molecule has 1 aromatic rings. The summed E-state index contributed by atoms with van der Waals surface area (Å²) >= 11 is 0. The van der Waals surface area contributed by atoms with Crippen molar-refractivity contribution in [3.8, 4) is 5.75 Å². The molecule has 14 heavy (non-hydrogen) atoms. The van der Waals surface area contributed by atoms with E-state index in [1.807, 2.05) is 0 Å². The number of rotatable bonds is 3. The number of nitrogen functional groups attached to an aromatic ring is 1. The van der Waals surface area contributed by atoms with Gasteiger partial charge in [-0.15, -0.1) is 0 Å². The number of halogens is 2. The number of nitrogens with two attached hydrogens (primary N) is 1. The first-order valence-corrected chi connectivity index (χ1v) is 3.82. The zero-order valence-electron chi connectivity index (χ0n) is 7.50. The Bertz CT molecular complexity index is 331. The predicted molar refractivity (Wildman–Crippen MR) is 46.1 cm³/mol. The first kappa shape index (κ1) is 10.6. The summed E-state index contributed by atoms with van der Waals surface area (Å²) < 4.78 is 29.8. The van der Waals surface area contributed by atoms with Gasteiger partial charge >= 0.3 is 0 Å². The molecule has 78 valence electrons. The number of aliphatic hydroxyl groups excluding tert-OH is 1. The number of hydrogen-bond acceptors (Lipinski definition) is 4. The molecule has 0 atom stereocenters. The van der Waals surface area contributed by atoms with E-state index < -0.39 is 18.6 Å². The van der Waals surface area contributed by atoms with Crippen molar-refractivity contribution >= 4 is 5.69 Å². The van der Waals surface area contributed by atoms with Crippen LogP contribution in [0.25, 0.3) is 0 Å². The van der Waals surface area contributed by atoms with Crippen LogP contribution >= 0.6 is 0 Å². The molecule has 0 fully saturated rings. The van der Waals surface area contributed by atoms with Gasteiger partial charge in [-0.25, -0.2) is 8.78 Å². The molecule has 1 aromatic heterocycles. The second kappa shape index (κ2) is 4.19. The molecule has 0 bridgehead atoms. The molecular formula is C8H10F2N2O2. The summed E-state index contributed by atoms with van der Waals surface area (Å²) in [6, 6.07) is 0. The third kappa shape index (κ3) is 1.74. The van der Waals surface area contributed by atoms with E-state index >= 15 is 0 Å². The van der Waals surface area contributed by atoms with Gasteiger partial charge in [0.1, 0.15) is 0 Å². The van der Waals surface area contributed by atoms with Gasteiger partial charge in [0.05, 0.1) is 36.9 Å². The zero-order valence-corrected chi connectivity index (χ0v) is 7.50. The van der Waals surface area contributed by atoms with E-state index in [1.165, 1.54) is 13.3 Å². The fraction of sp³-hybridized carbons (Fsp3) is 0.375. The minimum Gasteiger partial charge on any atom is -0.494 e. The summed E-state index contributed by atoms with van der Waals surface area (Å²) in [6.07, 6.45) is -1.60. The Morgan fingerprint density at radius 3 is 2.71 bits per heavy atom. The van der Waals surface area contributed by atoms with Crippen LogP contribution in [-0.4, -0.2) is 17.2 Å². The average molecular weight is 204 g/mol. The highest BCUT2D eigenvalue weighted by Crippen LogP contribution is 2.35. The maximum Gasteiger partial charge on any atom is 0.269 e. The maximum absolute atomic E-state index is 12.6. The van der Waals surface area contributed by atoms with E-state index in [2.05, 4.69) is 4.98 Å². The molecule has 0 aliphatic heterocycles. The summed E-state index contributed by atoms with van der Waals surface area (Å²) in [5.74, 6) is -0.126. The summed E-state index contributed by atoms with van der Waals surface area (Å²) in [4.78, 5) is 3.59.